The Morgan fingerprint density at radius 2 is 2.24 bits per heavy atom. The summed E-state index contributed by atoms with van der Waals surface area (Å²) in [6.45, 7) is 0. The van der Waals surface area contributed by atoms with Crippen LogP contribution in [0.2, 0.25) is 0 Å². The van der Waals surface area contributed by atoms with Crippen LogP contribution in [0.25, 0.3) is 0 Å². The van der Waals surface area contributed by atoms with E-state index >= 15 is 0 Å². The average Bonchev–Trinajstić information content (AvgIpc) is 3.11. The lowest BCUT2D eigenvalue weighted by molar-refractivity contribution is 0.0823. The number of hydrogen-bond donors (Lipinski definition) is 0. The van der Waals surface area contributed by atoms with Crippen LogP contribution in [0.1, 0.15) is 23.2 Å². The fourth-order valence-corrected chi connectivity index (χ4v) is 1.96. The van der Waals surface area contributed by atoms with Crippen molar-refractivity contribution in [3.05, 3.63) is 17.8 Å². The minimum atomic E-state index is -0.0388. The number of ether oxygens (including phenoxy) is 1. The van der Waals surface area contributed by atoms with Crippen molar-refractivity contribution in [2.75, 3.05) is 20.4 Å². The Hall–Kier alpha value is -1.23. The topological polar surface area (TPSA) is 42.4 Å². The van der Waals surface area contributed by atoms with E-state index in [0.717, 1.165) is 17.9 Å². The summed E-state index contributed by atoms with van der Waals surface area (Å²) in [6, 6.07) is 1.79. The van der Waals surface area contributed by atoms with Gasteiger partial charge in [0.1, 0.15) is 10.8 Å². The molecule has 0 bridgehead atoms. The smallest absolute Gasteiger partial charge is 0.256 e. The molecule has 1 aliphatic rings. The maximum absolute atomic E-state index is 12.0. The Labute approximate surface area is 105 Å². The quantitative estimate of drug-likeness (QED) is 0.769. The highest BCUT2D eigenvalue weighted by molar-refractivity contribution is 7.98. The molecule has 1 heterocycles. The SMILES string of the molecule is CSc1ncc(OC2CC2)cc1C(=O)N(C)C. The summed E-state index contributed by atoms with van der Waals surface area (Å²) in [5, 5.41) is 0.742. The highest BCUT2D eigenvalue weighted by atomic mass is 32.2. The van der Waals surface area contributed by atoms with Crippen LogP contribution in [-0.4, -0.2) is 42.2 Å². The fourth-order valence-electron chi connectivity index (χ4n) is 1.43. The van der Waals surface area contributed by atoms with E-state index in [1.807, 2.05) is 6.26 Å². The molecule has 0 aliphatic heterocycles. The van der Waals surface area contributed by atoms with Crippen molar-refractivity contribution < 1.29 is 9.53 Å². The largest absolute Gasteiger partial charge is 0.489 e. The summed E-state index contributed by atoms with van der Waals surface area (Å²) in [7, 11) is 3.47. The lowest BCUT2D eigenvalue weighted by atomic mass is 10.2. The second-order valence-corrected chi connectivity index (χ2v) is 5.04. The first-order valence-electron chi connectivity index (χ1n) is 5.54. The predicted octanol–water partition coefficient (Wildman–Crippen LogP) is 2.05. The third kappa shape index (κ3) is 2.91. The molecule has 1 amide bonds. The average molecular weight is 252 g/mol. The number of pyridine rings is 1. The van der Waals surface area contributed by atoms with Crippen molar-refractivity contribution in [3.63, 3.8) is 0 Å². The first-order chi connectivity index (χ1) is 8.11. The summed E-state index contributed by atoms with van der Waals surface area (Å²) in [5.41, 5.74) is 0.612. The van der Waals surface area contributed by atoms with Crippen LogP contribution in [0.4, 0.5) is 0 Å². The minimum absolute atomic E-state index is 0.0388. The molecule has 1 aromatic rings. The van der Waals surface area contributed by atoms with Crippen molar-refractivity contribution >= 4 is 17.7 Å². The monoisotopic (exact) mass is 252 g/mol. The summed E-state index contributed by atoms with van der Waals surface area (Å²) in [4.78, 5) is 17.8. The van der Waals surface area contributed by atoms with Gasteiger partial charge in [0.05, 0.1) is 17.9 Å². The zero-order chi connectivity index (χ0) is 12.4. The highest BCUT2D eigenvalue weighted by Crippen LogP contribution is 2.29. The third-order valence-electron chi connectivity index (χ3n) is 2.48. The molecular weight excluding hydrogens is 236 g/mol. The Morgan fingerprint density at radius 1 is 1.53 bits per heavy atom. The van der Waals surface area contributed by atoms with Crippen LogP contribution in [0.3, 0.4) is 0 Å². The third-order valence-corrected chi connectivity index (χ3v) is 3.20. The summed E-state index contributed by atoms with van der Waals surface area (Å²) in [5.74, 6) is 0.651. The van der Waals surface area contributed by atoms with Crippen molar-refractivity contribution in [1.82, 2.24) is 9.88 Å². The van der Waals surface area contributed by atoms with E-state index in [9.17, 15) is 4.79 Å². The Morgan fingerprint density at radius 3 is 2.76 bits per heavy atom. The van der Waals surface area contributed by atoms with E-state index in [1.54, 1.807) is 31.3 Å². The van der Waals surface area contributed by atoms with Crippen LogP contribution < -0.4 is 4.74 Å². The first kappa shape index (κ1) is 12.2. The Kier molecular flexibility index (Phi) is 3.57. The number of rotatable bonds is 4. The van der Waals surface area contributed by atoms with Crippen molar-refractivity contribution in [1.29, 1.82) is 0 Å². The van der Waals surface area contributed by atoms with Gasteiger partial charge in [-0.25, -0.2) is 4.98 Å². The number of aromatic nitrogens is 1. The van der Waals surface area contributed by atoms with Gasteiger partial charge in [0.2, 0.25) is 0 Å². The normalized spacial score (nSPS) is 14.5. The standard InChI is InChI=1S/C12H16N2O2S/c1-14(2)12(15)10-6-9(16-8-4-5-8)7-13-11(10)17-3/h6-8H,4-5H2,1-3H3. The number of carbonyl (C=O) groups is 1. The molecule has 17 heavy (non-hydrogen) atoms. The molecule has 0 aromatic carbocycles. The second kappa shape index (κ2) is 4.96. The number of nitrogens with zero attached hydrogens (tertiary/aromatic N) is 2. The Balaban J connectivity index is 2.27. The van der Waals surface area contributed by atoms with Gasteiger partial charge in [0.25, 0.3) is 5.91 Å². The zero-order valence-electron chi connectivity index (χ0n) is 10.3. The molecule has 0 radical (unpaired) electrons. The molecule has 0 atom stereocenters. The first-order valence-corrected chi connectivity index (χ1v) is 6.76. The van der Waals surface area contributed by atoms with Crippen LogP contribution in [-0.2, 0) is 0 Å². The fraction of sp³-hybridized carbons (Fsp3) is 0.500. The maximum atomic E-state index is 12.0. The van der Waals surface area contributed by atoms with E-state index in [4.69, 9.17) is 4.74 Å². The molecule has 4 nitrogen and oxygen atoms in total. The summed E-state index contributed by atoms with van der Waals surface area (Å²) < 4.78 is 5.65. The lowest BCUT2D eigenvalue weighted by Gasteiger charge is -2.13. The van der Waals surface area contributed by atoms with Gasteiger partial charge in [-0.15, -0.1) is 11.8 Å². The Bertz CT molecular complexity index is 431. The zero-order valence-corrected chi connectivity index (χ0v) is 11.1. The van der Waals surface area contributed by atoms with Gasteiger partial charge in [0, 0.05) is 14.1 Å². The molecule has 5 heteroatoms. The summed E-state index contributed by atoms with van der Waals surface area (Å²) in [6.07, 6.45) is 6.12. The van der Waals surface area contributed by atoms with Crippen LogP contribution in [0.5, 0.6) is 5.75 Å². The molecule has 0 saturated heterocycles. The van der Waals surface area contributed by atoms with Crippen LogP contribution in [0.15, 0.2) is 17.3 Å². The van der Waals surface area contributed by atoms with Gasteiger partial charge in [-0.1, -0.05) is 0 Å². The molecule has 1 saturated carbocycles. The number of carbonyl (C=O) groups excluding carboxylic acids is 1. The molecule has 0 unspecified atom stereocenters. The number of thioether (sulfide) groups is 1. The molecule has 1 aliphatic carbocycles. The van der Waals surface area contributed by atoms with E-state index < -0.39 is 0 Å². The minimum Gasteiger partial charge on any atom is -0.489 e. The second-order valence-electron chi connectivity index (χ2n) is 4.24. The molecule has 1 aromatic heterocycles. The van der Waals surface area contributed by atoms with E-state index in [0.29, 0.717) is 17.4 Å². The number of amides is 1. The molecule has 0 N–H and O–H groups in total. The van der Waals surface area contributed by atoms with E-state index in [-0.39, 0.29) is 5.91 Å². The van der Waals surface area contributed by atoms with Crippen LogP contribution >= 0.6 is 11.8 Å². The molecule has 0 spiro atoms. The molecule has 2 rings (SSSR count). The van der Waals surface area contributed by atoms with Crippen molar-refractivity contribution in [3.8, 4) is 5.75 Å². The van der Waals surface area contributed by atoms with Crippen LogP contribution in [0, 0.1) is 0 Å². The van der Waals surface area contributed by atoms with E-state index in [1.165, 1.54) is 11.8 Å². The molecular formula is C12H16N2O2S. The highest BCUT2D eigenvalue weighted by Gasteiger charge is 2.24. The van der Waals surface area contributed by atoms with Crippen molar-refractivity contribution in [2.24, 2.45) is 0 Å². The van der Waals surface area contributed by atoms with E-state index in [2.05, 4.69) is 4.98 Å². The predicted molar refractivity (Wildman–Crippen MR) is 67.7 cm³/mol. The van der Waals surface area contributed by atoms with Crippen molar-refractivity contribution in [2.45, 2.75) is 24.0 Å². The number of hydrogen-bond acceptors (Lipinski definition) is 4. The molecule has 92 valence electrons. The van der Waals surface area contributed by atoms with Gasteiger partial charge in [-0.05, 0) is 25.2 Å². The van der Waals surface area contributed by atoms with Gasteiger partial charge < -0.3 is 9.64 Å². The maximum Gasteiger partial charge on any atom is 0.256 e. The van der Waals surface area contributed by atoms with Gasteiger partial charge >= 0.3 is 0 Å². The van der Waals surface area contributed by atoms with Gasteiger partial charge in [-0.3, -0.25) is 4.79 Å². The summed E-state index contributed by atoms with van der Waals surface area (Å²) >= 11 is 1.47. The van der Waals surface area contributed by atoms with Gasteiger partial charge in [0.15, 0.2) is 0 Å². The molecule has 1 fully saturated rings. The van der Waals surface area contributed by atoms with Gasteiger partial charge in [-0.2, -0.15) is 0 Å². The lowest BCUT2D eigenvalue weighted by Crippen LogP contribution is -2.22.